The topological polar surface area (TPSA) is 64.0 Å². The molecule has 0 spiro atoms. The molecule has 0 atom stereocenters. The van der Waals surface area contributed by atoms with E-state index in [-0.39, 0.29) is 17.2 Å². The molecular weight excluding hydrogens is 426 g/mol. The van der Waals surface area contributed by atoms with Crippen molar-refractivity contribution in [1.29, 1.82) is 0 Å². The highest BCUT2D eigenvalue weighted by Crippen LogP contribution is 2.21. The number of fused-ring (bicyclic) bond motifs is 1. The van der Waals surface area contributed by atoms with Crippen LogP contribution in [0.2, 0.25) is 0 Å². The second-order valence-electron chi connectivity index (χ2n) is 7.05. The predicted octanol–water partition coefficient (Wildman–Crippen LogP) is 4.99. The minimum absolute atomic E-state index is 0.0682. The van der Waals surface area contributed by atoms with Gasteiger partial charge in [-0.2, -0.15) is 0 Å². The maximum Gasteiger partial charge on any atom is 0.262 e. The Morgan fingerprint density at radius 1 is 1.10 bits per heavy atom. The van der Waals surface area contributed by atoms with Gasteiger partial charge < -0.3 is 5.32 Å². The summed E-state index contributed by atoms with van der Waals surface area (Å²) in [6, 6.07) is 19.2. The number of para-hydroxylation sites is 2. The molecule has 1 amide bonds. The number of anilines is 1. The molecule has 0 saturated heterocycles. The number of rotatable bonds is 8. The number of carbonyl (C=O) groups is 1. The van der Waals surface area contributed by atoms with E-state index in [9.17, 15) is 9.59 Å². The number of thiophene rings is 1. The number of hydrogen-bond donors (Lipinski definition) is 1. The Morgan fingerprint density at radius 2 is 1.90 bits per heavy atom. The maximum atomic E-state index is 13.1. The number of hydrogen-bond acceptors (Lipinski definition) is 5. The molecule has 2 aromatic carbocycles. The summed E-state index contributed by atoms with van der Waals surface area (Å²) >= 11 is 2.97. The molecule has 0 unspecified atom stereocenters. The van der Waals surface area contributed by atoms with Crippen LogP contribution in [0.25, 0.3) is 10.9 Å². The van der Waals surface area contributed by atoms with Gasteiger partial charge in [0.1, 0.15) is 0 Å². The van der Waals surface area contributed by atoms with Crippen LogP contribution in [0, 0.1) is 0 Å². The standard InChI is InChI=1S/C24H23N3O2S2/c1-2-17-8-3-5-11-20(17)25-22(28)16-31-24-26-21-12-6-4-10-19(21)23(29)27(24)14-13-18-9-7-15-30-18/h3-12,15H,2,13-14,16H2,1H3,(H,25,28). The summed E-state index contributed by atoms with van der Waals surface area (Å²) < 4.78 is 1.69. The zero-order valence-corrected chi connectivity index (χ0v) is 18.8. The van der Waals surface area contributed by atoms with Gasteiger partial charge in [-0.3, -0.25) is 14.2 Å². The van der Waals surface area contributed by atoms with E-state index in [1.54, 1.807) is 22.0 Å². The number of aromatic nitrogens is 2. The SMILES string of the molecule is CCc1ccccc1NC(=O)CSc1nc2ccccc2c(=O)n1CCc1cccs1. The fraction of sp³-hybridized carbons (Fsp3) is 0.208. The molecule has 2 heterocycles. The third kappa shape index (κ3) is 5.06. The molecule has 4 aromatic rings. The van der Waals surface area contributed by atoms with E-state index in [0.717, 1.165) is 24.1 Å². The number of benzene rings is 2. The Morgan fingerprint density at radius 3 is 2.71 bits per heavy atom. The molecule has 0 fully saturated rings. The van der Waals surface area contributed by atoms with Gasteiger partial charge in [-0.25, -0.2) is 4.98 Å². The van der Waals surface area contributed by atoms with E-state index in [2.05, 4.69) is 18.3 Å². The van der Waals surface area contributed by atoms with Crippen molar-refractivity contribution in [1.82, 2.24) is 9.55 Å². The highest BCUT2D eigenvalue weighted by Gasteiger charge is 2.14. The fourth-order valence-electron chi connectivity index (χ4n) is 3.40. The van der Waals surface area contributed by atoms with Gasteiger partial charge in [-0.1, -0.05) is 55.1 Å². The first-order valence-electron chi connectivity index (χ1n) is 10.2. The largest absolute Gasteiger partial charge is 0.325 e. The summed E-state index contributed by atoms with van der Waals surface area (Å²) in [6.45, 7) is 2.59. The Labute approximate surface area is 189 Å². The molecule has 0 aliphatic carbocycles. The van der Waals surface area contributed by atoms with Crippen LogP contribution in [-0.2, 0) is 24.2 Å². The highest BCUT2D eigenvalue weighted by molar-refractivity contribution is 7.99. The molecular formula is C24H23N3O2S2. The van der Waals surface area contributed by atoms with Gasteiger partial charge in [-0.05, 0) is 48.1 Å². The van der Waals surface area contributed by atoms with Crippen LogP contribution < -0.4 is 10.9 Å². The third-order valence-corrected chi connectivity index (χ3v) is 6.91. The van der Waals surface area contributed by atoms with Crippen LogP contribution in [0.15, 0.2) is 76.0 Å². The smallest absolute Gasteiger partial charge is 0.262 e. The summed E-state index contributed by atoms with van der Waals surface area (Å²) in [5.74, 6) is 0.0695. The van der Waals surface area contributed by atoms with Gasteiger partial charge in [0.25, 0.3) is 5.56 Å². The first kappa shape index (κ1) is 21.3. The van der Waals surface area contributed by atoms with E-state index >= 15 is 0 Å². The summed E-state index contributed by atoms with van der Waals surface area (Å²) in [4.78, 5) is 31.7. The number of thioether (sulfide) groups is 1. The van der Waals surface area contributed by atoms with Crippen LogP contribution in [0.3, 0.4) is 0 Å². The maximum absolute atomic E-state index is 13.1. The molecule has 31 heavy (non-hydrogen) atoms. The Balaban J connectivity index is 1.56. The average molecular weight is 450 g/mol. The van der Waals surface area contributed by atoms with Crippen LogP contribution in [-0.4, -0.2) is 21.2 Å². The lowest BCUT2D eigenvalue weighted by Crippen LogP contribution is -2.25. The van der Waals surface area contributed by atoms with Crippen molar-refractivity contribution >= 4 is 45.6 Å². The van der Waals surface area contributed by atoms with E-state index in [1.807, 2.05) is 53.9 Å². The van der Waals surface area contributed by atoms with Crippen molar-refractivity contribution in [3.63, 3.8) is 0 Å². The molecule has 0 aliphatic rings. The highest BCUT2D eigenvalue weighted by atomic mass is 32.2. The van der Waals surface area contributed by atoms with Gasteiger partial charge >= 0.3 is 0 Å². The predicted molar refractivity (Wildman–Crippen MR) is 129 cm³/mol. The number of nitrogens with zero attached hydrogens (tertiary/aromatic N) is 2. The monoisotopic (exact) mass is 449 g/mol. The van der Waals surface area contributed by atoms with Crippen LogP contribution in [0.1, 0.15) is 17.4 Å². The first-order chi connectivity index (χ1) is 15.2. The van der Waals surface area contributed by atoms with Crippen LogP contribution in [0.5, 0.6) is 0 Å². The van der Waals surface area contributed by atoms with Crippen molar-refractivity contribution in [3.8, 4) is 0 Å². The van der Waals surface area contributed by atoms with Gasteiger partial charge in [0, 0.05) is 17.1 Å². The van der Waals surface area contributed by atoms with Gasteiger partial charge in [0.2, 0.25) is 5.91 Å². The number of carbonyl (C=O) groups excluding carboxylic acids is 1. The molecule has 7 heteroatoms. The number of aryl methyl sites for hydroxylation is 2. The summed E-state index contributed by atoms with van der Waals surface area (Å²) in [5, 5.41) is 6.18. The minimum atomic E-state index is -0.113. The molecule has 0 radical (unpaired) electrons. The molecule has 4 rings (SSSR count). The Hall–Kier alpha value is -2.90. The van der Waals surface area contributed by atoms with E-state index in [1.165, 1.54) is 16.6 Å². The normalized spacial score (nSPS) is 11.0. The molecule has 5 nitrogen and oxygen atoms in total. The van der Waals surface area contributed by atoms with E-state index < -0.39 is 0 Å². The molecule has 2 aromatic heterocycles. The second-order valence-corrected chi connectivity index (χ2v) is 9.02. The van der Waals surface area contributed by atoms with Gasteiger partial charge in [-0.15, -0.1) is 11.3 Å². The van der Waals surface area contributed by atoms with Crippen molar-refractivity contribution < 1.29 is 4.79 Å². The van der Waals surface area contributed by atoms with Crippen LogP contribution in [0.4, 0.5) is 5.69 Å². The molecule has 0 bridgehead atoms. The molecule has 158 valence electrons. The Kier molecular flexibility index (Phi) is 6.84. The molecule has 0 aliphatic heterocycles. The lowest BCUT2D eigenvalue weighted by atomic mass is 10.1. The van der Waals surface area contributed by atoms with Crippen molar-refractivity contribution in [3.05, 3.63) is 86.8 Å². The average Bonchev–Trinajstić information content (AvgIpc) is 3.31. The van der Waals surface area contributed by atoms with E-state index in [4.69, 9.17) is 4.98 Å². The first-order valence-corrected chi connectivity index (χ1v) is 12.0. The van der Waals surface area contributed by atoms with Crippen molar-refractivity contribution in [2.45, 2.75) is 31.5 Å². The molecule has 1 N–H and O–H groups in total. The van der Waals surface area contributed by atoms with Crippen molar-refractivity contribution in [2.75, 3.05) is 11.1 Å². The van der Waals surface area contributed by atoms with Crippen molar-refractivity contribution in [2.24, 2.45) is 0 Å². The number of amides is 1. The van der Waals surface area contributed by atoms with Gasteiger partial charge in [0.15, 0.2) is 5.16 Å². The van der Waals surface area contributed by atoms with Crippen LogP contribution >= 0.6 is 23.1 Å². The zero-order chi connectivity index (χ0) is 21.6. The lowest BCUT2D eigenvalue weighted by molar-refractivity contribution is -0.113. The summed E-state index contributed by atoms with van der Waals surface area (Å²) in [7, 11) is 0. The third-order valence-electron chi connectivity index (χ3n) is 4.99. The minimum Gasteiger partial charge on any atom is -0.325 e. The quantitative estimate of drug-likeness (QED) is 0.304. The second kappa shape index (κ2) is 9.94. The van der Waals surface area contributed by atoms with E-state index in [0.29, 0.717) is 22.6 Å². The fourth-order valence-corrected chi connectivity index (χ4v) is 4.92. The Bertz CT molecular complexity index is 1250. The lowest BCUT2D eigenvalue weighted by Gasteiger charge is -2.13. The zero-order valence-electron chi connectivity index (χ0n) is 17.2. The summed E-state index contributed by atoms with van der Waals surface area (Å²) in [5.41, 5.74) is 2.51. The number of nitrogens with one attached hydrogen (secondary N) is 1. The molecule has 0 saturated carbocycles. The summed E-state index contributed by atoms with van der Waals surface area (Å²) in [6.07, 6.45) is 1.60. The van der Waals surface area contributed by atoms with Gasteiger partial charge in [0.05, 0.1) is 16.7 Å².